The van der Waals surface area contributed by atoms with E-state index < -0.39 is 0 Å². The molecule has 0 aromatic heterocycles. The first-order chi connectivity index (χ1) is 12.4. The zero-order chi connectivity index (χ0) is 18.0. The molecule has 0 unspecified atom stereocenters. The second kappa shape index (κ2) is 17.0. The summed E-state index contributed by atoms with van der Waals surface area (Å²) in [6, 6.07) is 0. The maximum Gasteiger partial charge on any atom is 0.133 e. The number of hydrogen-bond donors (Lipinski definition) is 0. The zero-order valence-corrected chi connectivity index (χ0v) is 17.0. The third kappa shape index (κ3) is 13.5. The molecule has 1 rings (SSSR count). The summed E-state index contributed by atoms with van der Waals surface area (Å²) < 4.78 is 0. The van der Waals surface area contributed by atoms with Crippen LogP contribution in [-0.4, -0.2) is 55.4 Å². The lowest BCUT2D eigenvalue weighted by atomic mass is 10.0. The molecule has 148 valence electrons. The van der Waals surface area contributed by atoms with Gasteiger partial charge in [-0.05, 0) is 13.0 Å². The Bertz CT molecular complexity index is 288. The maximum atomic E-state index is 10.5. The second-order valence-corrected chi connectivity index (χ2v) is 7.91. The summed E-state index contributed by atoms with van der Waals surface area (Å²) in [5, 5.41) is 0. The molecule has 0 amide bonds. The molecule has 1 aliphatic rings. The fourth-order valence-electron chi connectivity index (χ4n) is 3.83. The third-order valence-electron chi connectivity index (χ3n) is 5.63. The molecule has 0 atom stereocenters. The molecule has 0 bridgehead atoms. The lowest BCUT2D eigenvalue weighted by molar-refractivity contribution is -0.109. The highest BCUT2D eigenvalue weighted by Crippen LogP contribution is 2.13. The molecule has 25 heavy (non-hydrogen) atoms. The molecule has 0 aliphatic carbocycles. The van der Waals surface area contributed by atoms with Crippen LogP contribution in [0.4, 0.5) is 0 Å². The maximum absolute atomic E-state index is 10.5. The van der Waals surface area contributed by atoms with Crippen LogP contribution >= 0.6 is 0 Å². The Morgan fingerprint density at radius 1 is 0.600 bits per heavy atom. The number of unbranched alkanes of at least 4 members (excludes halogenated alkanes) is 13. The highest BCUT2D eigenvalue weighted by atomic mass is 16.1. The predicted molar refractivity (Wildman–Crippen MR) is 109 cm³/mol. The molecule has 0 aromatic rings. The molecule has 0 saturated carbocycles. The summed E-state index contributed by atoms with van der Waals surface area (Å²) in [6.07, 6.45) is 21.1. The first-order valence-corrected chi connectivity index (χ1v) is 11.2. The Kier molecular flexibility index (Phi) is 15.4. The van der Waals surface area contributed by atoms with Crippen molar-refractivity contribution in [3.63, 3.8) is 0 Å². The summed E-state index contributed by atoms with van der Waals surface area (Å²) in [7, 11) is 0. The first-order valence-electron chi connectivity index (χ1n) is 11.2. The SMILES string of the molecule is CCCCCCCCCCCCCCCCN1CCN(CC=O)CC1. The van der Waals surface area contributed by atoms with E-state index in [4.69, 9.17) is 0 Å². The lowest BCUT2D eigenvalue weighted by Crippen LogP contribution is -2.46. The van der Waals surface area contributed by atoms with Crippen molar-refractivity contribution in [3.8, 4) is 0 Å². The van der Waals surface area contributed by atoms with E-state index in [1.54, 1.807) is 0 Å². The molecule has 0 radical (unpaired) electrons. The van der Waals surface area contributed by atoms with Crippen molar-refractivity contribution in [1.29, 1.82) is 0 Å². The van der Waals surface area contributed by atoms with Gasteiger partial charge in [0.25, 0.3) is 0 Å². The van der Waals surface area contributed by atoms with E-state index in [9.17, 15) is 4.79 Å². The summed E-state index contributed by atoms with van der Waals surface area (Å²) in [6.45, 7) is 8.59. The van der Waals surface area contributed by atoms with Crippen LogP contribution in [0.15, 0.2) is 0 Å². The Balaban J connectivity index is 1.74. The standard InChI is InChI=1S/C22H44N2O/c1-2-3-4-5-6-7-8-9-10-11-12-13-14-15-16-23-17-19-24(20-18-23)21-22-25/h22H,2-21H2,1H3. The van der Waals surface area contributed by atoms with Gasteiger partial charge in [-0.25, -0.2) is 0 Å². The second-order valence-electron chi connectivity index (χ2n) is 7.91. The number of carbonyl (C=O) groups is 1. The van der Waals surface area contributed by atoms with E-state index >= 15 is 0 Å². The van der Waals surface area contributed by atoms with Gasteiger partial charge in [-0.3, -0.25) is 4.90 Å². The van der Waals surface area contributed by atoms with Crippen molar-refractivity contribution in [2.24, 2.45) is 0 Å². The number of piperazine rings is 1. The molecular formula is C22H44N2O. The number of rotatable bonds is 17. The van der Waals surface area contributed by atoms with Crippen molar-refractivity contribution >= 4 is 6.29 Å². The molecule has 0 spiro atoms. The smallest absolute Gasteiger partial charge is 0.133 e. The monoisotopic (exact) mass is 352 g/mol. The molecule has 1 aliphatic heterocycles. The van der Waals surface area contributed by atoms with Crippen LogP contribution in [0.3, 0.4) is 0 Å². The normalized spacial score (nSPS) is 16.4. The van der Waals surface area contributed by atoms with E-state index in [0.717, 1.165) is 32.5 Å². The average molecular weight is 353 g/mol. The number of aldehydes is 1. The summed E-state index contributed by atoms with van der Waals surface area (Å²) >= 11 is 0. The Labute approximate surface area is 157 Å². The van der Waals surface area contributed by atoms with Gasteiger partial charge >= 0.3 is 0 Å². The van der Waals surface area contributed by atoms with Gasteiger partial charge in [-0.2, -0.15) is 0 Å². The van der Waals surface area contributed by atoms with Gasteiger partial charge in [0.2, 0.25) is 0 Å². The third-order valence-corrected chi connectivity index (χ3v) is 5.63. The molecule has 1 fully saturated rings. The first kappa shape index (κ1) is 22.6. The van der Waals surface area contributed by atoms with E-state index in [0.29, 0.717) is 6.54 Å². The average Bonchev–Trinajstić information content (AvgIpc) is 2.63. The fourth-order valence-corrected chi connectivity index (χ4v) is 3.83. The van der Waals surface area contributed by atoms with Gasteiger partial charge < -0.3 is 9.69 Å². The molecule has 3 nitrogen and oxygen atoms in total. The lowest BCUT2D eigenvalue weighted by Gasteiger charge is -2.33. The van der Waals surface area contributed by atoms with Crippen LogP contribution in [0.2, 0.25) is 0 Å². The quantitative estimate of drug-likeness (QED) is 0.263. The van der Waals surface area contributed by atoms with Crippen molar-refractivity contribution in [2.45, 2.75) is 96.8 Å². The van der Waals surface area contributed by atoms with E-state index in [-0.39, 0.29) is 0 Å². The van der Waals surface area contributed by atoms with Crippen LogP contribution in [0.5, 0.6) is 0 Å². The number of carbonyl (C=O) groups excluding carboxylic acids is 1. The topological polar surface area (TPSA) is 23.6 Å². The molecule has 0 N–H and O–H groups in total. The van der Waals surface area contributed by atoms with Gasteiger partial charge in [-0.15, -0.1) is 0 Å². The highest BCUT2D eigenvalue weighted by molar-refractivity contribution is 5.51. The minimum absolute atomic E-state index is 0.618. The minimum Gasteiger partial charge on any atom is -0.302 e. The van der Waals surface area contributed by atoms with Crippen molar-refractivity contribution in [2.75, 3.05) is 39.3 Å². The highest BCUT2D eigenvalue weighted by Gasteiger charge is 2.15. The van der Waals surface area contributed by atoms with Gasteiger partial charge in [-0.1, -0.05) is 90.4 Å². The Morgan fingerprint density at radius 3 is 1.44 bits per heavy atom. The number of nitrogens with zero attached hydrogens (tertiary/aromatic N) is 2. The summed E-state index contributed by atoms with van der Waals surface area (Å²) in [5.74, 6) is 0. The largest absolute Gasteiger partial charge is 0.302 e. The summed E-state index contributed by atoms with van der Waals surface area (Å²) in [5.41, 5.74) is 0. The molecule has 3 heteroatoms. The molecule has 1 saturated heterocycles. The van der Waals surface area contributed by atoms with Crippen LogP contribution in [-0.2, 0) is 4.79 Å². The minimum atomic E-state index is 0.618. The van der Waals surface area contributed by atoms with E-state index in [2.05, 4.69) is 16.7 Å². The molecule has 0 aromatic carbocycles. The molecule has 1 heterocycles. The van der Waals surface area contributed by atoms with Gasteiger partial charge in [0.05, 0.1) is 6.54 Å². The van der Waals surface area contributed by atoms with Crippen LogP contribution in [0.25, 0.3) is 0 Å². The van der Waals surface area contributed by atoms with Crippen LogP contribution in [0, 0.1) is 0 Å². The van der Waals surface area contributed by atoms with Gasteiger partial charge in [0.1, 0.15) is 6.29 Å². The van der Waals surface area contributed by atoms with Crippen LogP contribution < -0.4 is 0 Å². The van der Waals surface area contributed by atoms with Crippen molar-refractivity contribution in [1.82, 2.24) is 9.80 Å². The fraction of sp³-hybridized carbons (Fsp3) is 0.955. The van der Waals surface area contributed by atoms with E-state index in [1.807, 2.05) is 0 Å². The van der Waals surface area contributed by atoms with Crippen LogP contribution in [0.1, 0.15) is 96.8 Å². The number of hydrogen-bond acceptors (Lipinski definition) is 3. The van der Waals surface area contributed by atoms with Gasteiger partial charge in [0, 0.05) is 26.2 Å². The molecular weight excluding hydrogens is 308 g/mol. The van der Waals surface area contributed by atoms with Crippen molar-refractivity contribution in [3.05, 3.63) is 0 Å². The zero-order valence-electron chi connectivity index (χ0n) is 17.0. The Morgan fingerprint density at radius 2 is 1.00 bits per heavy atom. The Hall–Kier alpha value is -0.410. The predicted octanol–water partition coefficient (Wildman–Crippen LogP) is 5.28. The van der Waals surface area contributed by atoms with E-state index in [1.165, 1.54) is 96.4 Å². The summed E-state index contributed by atoms with van der Waals surface area (Å²) in [4.78, 5) is 15.3. The van der Waals surface area contributed by atoms with Gasteiger partial charge in [0.15, 0.2) is 0 Å². The van der Waals surface area contributed by atoms with Crippen molar-refractivity contribution < 1.29 is 4.79 Å².